The molecule has 0 aromatic carbocycles. The monoisotopic (exact) mass is 259 g/mol. The van der Waals surface area contributed by atoms with E-state index in [9.17, 15) is 0 Å². The van der Waals surface area contributed by atoms with E-state index >= 15 is 0 Å². The standard InChI is InChI=1S/C15H33NS/c1-4-6-7-8-9-10-11-12-13-15(16-3)14-17-5-2/h15-16H,4-14H2,1-3H3. The van der Waals surface area contributed by atoms with Gasteiger partial charge in [0.05, 0.1) is 0 Å². The molecule has 1 atom stereocenters. The van der Waals surface area contributed by atoms with E-state index < -0.39 is 0 Å². The molecule has 104 valence electrons. The molecule has 0 aliphatic rings. The van der Waals surface area contributed by atoms with Gasteiger partial charge in [0.1, 0.15) is 0 Å². The number of hydrogen-bond donors (Lipinski definition) is 1. The third-order valence-corrected chi connectivity index (χ3v) is 4.38. The van der Waals surface area contributed by atoms with Crippen molar-refractivity contribution in [2.75, 3.05) is 18.6 Å². The Hall–Kier alpha value is 0.310. The van der Waals surface area contributed by atoms with Gasteiger partial charge in [-0.2, -0.15) is 11.8 Å². The molecular weight excluding hydrogens is 226 g/mol. The topological polar surface area (TPSA) is 12.0 Å². The van der Waals surface area contributed by atoms with Crippen molar-refractivity contribution in [3.8, 4) is 0 Å². The van der Waals surface area contributed by atoms with Crippen LogP contribution in [0.2, 0.25) is 0 Å². The number of thioether (sulfide) groups is 1. The van der Waals surface area contributed by atoms with Crippen LogP contribution in [0.25, 0.3) is 0 Å². The lowest BCUT2D eigenvalue weighted by Crippen LogP contribution is -2.27. The van der Waals surface area contributed by atoms with Crippen molar-refractivity contribution >= 4 is 11.8 Å². The van der Waals surface area contributed by atoms with Gasteiger partial charge in [0.2, 0.25) is 0 Å². The van der Waals surface area contributed by atoms with Gasteiger partial charge in [-0.3, -0.25) is 0 Å². The molecule has 0 fully saturated rings. The van der Waals surface area contributed by atoms with E-state index in [1.165, 1.54) is 69.3 Å². The van der Waals surface area contributed by atoms with E-state index in [0.29, 0.717) is 0 Å². The van der Waals surface area contributed by atoms with Crippen LogP contribution in [0.1, 0.15) is 71.6 Å². The summed E-state index contributed by atoms with van der Waals surface area (Å²) < 4.78 is 0. The summed E-state index contributed by atoms with van der Waals surface area (Å²) in [4.78, 5) is 0. The predicted octanol–water partition coefficient (Wildman–Crippen LogP) is 4.86. The molecule has 0 aromatic heterocycles. The average Bonchev–Trinajstić information content (AvgIpc) is 2.36. The van der Waals surface area contributed by atoms with Crippen molar-refractivity contribution in [2.45, 2.75) is 77.7 Å². The van der Waals surface area contributed by atoms with Gasteiger partial charge in [-0.05, 0) is 19.2 Å². The molecule has 0 rings (SSSR count). The van der Waals surface area contributed by atoms with E-state index in [1.807, 2.05) is 0 Å². The summed E-state index contributed by atoms with van der Waals surface area (Å²) in [6.45, 7) is 4.53. The Kier molecular flexibility index (Phi) is 14.6. The first-order valence-electron chi connectivity index (χ1n) is 7.60. The highest BCUT2D eigenvalue weighted by molar-refractivity contribution is 7.99. The van der Waals surface area contributed by atoms with E-state index in [2.05, 4.69) is 38.0 Å². The summed E-state index contributed by atoms with van der Waals surface area (Å²) in [7, 11) is 2.10. The van der Waals surface area contributed by atoms with Gasteiger partial charge in [-0.1, -0.05) is 65.2 Å². The van der Waals surface area contributed by atoms with Crippen molar-refractivity contribution in [3.05, 3.63) is 0 Å². The van der Waals surface area contributed by atoms with Crippen LogP contribution in [-0.2, 0) is 0 Å². The van der Waals surface area contributed by atoms with Gasteiger partial charge in [-0.15, -0.1) is 0 Å². The minimum Gasteiger partial charge on any atom is -0.316 e. The van der Waals surface area contributed by atoms with Crippen LogP contribution in [0.5, 0.6) is 0 Å². The van der Waals surface area contributed by atoms with Crippen molar-refractivity contribution < 1.29 is 0 Å². The molecule has 17 heavy (non-hydrogen) atoms. The highest BCUT2D eigenvalue weighted by Gasteiger charge is 2.04. The highest BCUT2D eigenvalue weighted by atomic mass is 32.2. The van der Waals surface area contributed by atoms with Crippen molar-refractivity contribution in [2.24, 2.45) is 0 Å². The van der Waals surface area contributed by atoms with Gasteiger partial charge in [0.15, 0.2) is 0 Å². The van der Waals surface area contributed by atoms with Gasteiger partial charge < -0.3 is 5.32 Å². The molecule has 0 spiro atoms. The van der Waals surface area contributed by atoms with Crippen LogP contribution in [-0.4, -0.2) is 24.6 Å². The largest absolute Gasteiger partial charge is 0.316 e. The van der Waals surface area contributed by atoms with Crippen molar-refractivity contribution in [3.63, 3.8) is 0 Å². The number of hydrogen-bond acceptors (Lipinski definition) is 2. The normalized spacial score (nSPS) is 12.9. The summed E-state index contributed by atoms with van der Waals surface area (Å²) in [5.41, 5.74) is 0. The molecule has 0 bridgehead atoms. The molecular formula is C15H33NS. The molecule has 0 saturated heterocycles. The third-order valence-electron chi connectivity index (χ3n) is 3.34. The Balaban J connectivity index is 3.19. The van der Waals surface area contributed by atoms with Crippen LogP contribution in [0, 0.1) is 0 Å². The summed E-state index contributed by atoms with van der Waals surface area (Å²) in [5.74, 6) is 2.53. The minimum absolute atomic E-state index is 0.736. The summed E-state index contributed by atoms with van der Waals surface area (Å²) in [6, 6.07) is 0.736. The lowest BCUT2D eigenvalue weighted by molar-refractivity contribution is 0.509. The second kappa shape index (κ2) is 14.4. The molecule has 1 unspecified atom stereocenters. The lowest BCUT2D eigenvalue weighted by atomic mass is 10.1. The first kappa shape index (κ1) is 17.3. The average molecular weight is 260 g/mol. The van der Waals surface area contributed by atoms with Gasteiger partial charge in [0, 0.05) is 11.8 Å². The van der Waals surface area contributed by atoms with Crippen LogP contribution in [0.4, 0.5) is 0 Å². The number of rotatable bonds is 13. The Morgan fingerprint density at radius 1 is 0.882 bits per heavy atom. The first-order chi connectivity index (χ1) is 8.35. The number of nitrogens with one attached hydrogen (secondary N) is 1. The van der Waals surface area contributed by atoms with E-state index in [-0.39, 0.29) is 0 Å². The molecule has 0 amide bonds. The fourth-order valence-electron chi connectivity index (χ4n) is 2.10. The summed E-state index contributed by atoms with van der Waals surface area (Å²) in [5, 5.41) is 3.43. The predicted molar refractivity (Wildman–Crippen MR) is 83.1 cm³/mol. The van der Waals surface area contributed by atoms with E-state index in [0.717, 1.165) is 6.04 Å². The molecule has 0 aliphatic carbocycles. The summed E-state index contributed by atoms with van der Waals surface area (Å²) >= 11 is 2.06. The van der Waals surface area contributed by atoms with Gasteiger partial charge in [-0.25, -0.2) is 0 Å². The zero-order chi connectivity index (χ0) is 12.8. The summed E-state index contributed by atoms with van der Waals surface area (Å²) in [6.07, 6.45) is 12.8. The molecule has 1 nitrogen and oxygen atoms in total. The molecule has 2 heteroatoms. The fourth-order valence-corrected chi connectivity index (χ4v) is 2.95. The Morgan fingerprint density at radius 3 is 2.00 bits per heavy atom. The molecule has 0 aliphatic heterocycles. The molecule has 0 radical (unpaired) electrons. The molecule has 0 heterocycles. The van der Waals surface area contributed by atoms with Crippen molar-refractivity contribution in [1.29, 1.82) is 0 Å². The Bertz CT molecular complexity index is 139. The molecule has 1 N–H and O–H groups in total. The zero-order valence-electron chi connectivity index (χ0n) is 12.3. The van der Waals surface area contributed by atoms with Crippen LogP contribution < -0.4 is 5.32 Å². The number of unbranched alkanes of at least 4 members (excludes halogenated alkanes) is 7. The second-order valence-corrected chi connectivity index (χ2v) is 6.23. The van der Waals surface area contributed by atoms with Crippen LogP contribution in [0.3, 0.4) is 0 Å². The zero-order valence-corrected chi connectivity index (χ0v) is 13.1. The Morgan fingerprint density at radius 2 is 1.47 bits per heavy atom. The first-order valence-corrected chi connectivity index (χ1v) is 8.75. The van der Waals surface area contributed by atoms with E-state index in [1.54, 1.807) is 0 Å². The second-order valence-electron chi connectivity index (χ2n) is 4.91. The van der Waals surface area contributed by atoms with Crippen LogP contribution in [0.15, 0.2) is 0 Å². The van der Waals surface area contributed by atoms with Crippen LogP contribution >= 0.6 is 11.8 Å². The quantitative estimate of drug-likeness (QED) is 0.474. The third kappa shape index (κ3) is 12.6. The Labute approximate surface area is 114 Å². The van der Waals surface area contributed by atoms with E-state index in [4.69, 9.17) is 0 Å². The SMILES string of the molecule is CCCCCCCCCCC(CSCC)NC. The van der Waals surface area contributed by atoms with Gasteiger partial charge in [0.25, 0.3) is 0 Å². The molecule has 0 saturated carbocycles. The fraction of sp³-hybridized carbons (Fsp3) is 1.00. The lowest BCUT2D eigenvalue weighted by Gasteiger charge is -2.15. The maximum absolute atomic E-state index is 3.43. The maximum atomic E-state index is 3.43. The maximum Gasteiger partial charge on any atom is 0.0155 e. The molecule has 0 aromatic rings. The smallest absolute Gasteiger partial charge is 0.0155 e. The highest BCUT2D eigenvalue weighted by Crippen LogP contribution is 2.12. The van der Waals surface area contributed by atoms with Gasteiger partial charge >= 0.3 is 0 Å². The minimum atomic E-state index is 0.736. The van der Waals surface area contributed by atoms with Crippen molar-refractivity contribution in [1.82, 2.24) is 5.32 Å².